The summed E-state index contributed by atoms with van der Waals surface area (Å²) in [5.74, 6) is 2.27. The molecule has 1 heterocycles. The number of ether oxygens (including phenoxy) is 2. The van der Waals surface area contributed by atoms with Crippen LogP contribution in [0.25, 0.3) is 0 Å². The lowest BCUT2D eigenvalue weighted by atomic mass is 10.1. The molecule has 0 spiro atoms. The first-order chi connectivity index (χ1) is 10.8. The first-order valence-corrected chi connectivity index (χ1v) is 8.55. The van der Waals surface area contributed by atoms with Crippen molar-refractivity contribution in [3.63, 3.8) is 0 Å². The molecule has 1 aromatic carbocycles. The summed E-state index contributed by atoms with van der Waals surface area (Å²) in [6.45, 7) is 4.32. The second kappa shape index (κ2) is 7.53. The van der Waals surface area contributed by atoms with Crippen molar-refractivity contribution >= 4 is 11.6 Å². The highest BCUT2D eigenvalue weighted by atomic mass is 35.5. The second-order valence-electron chi connectivity index (χ2n) is 6.17. The van der Waals surface area contributed by atoms with Crippen molar-refractivity contribution in [3.05, 3.63) is 22.7 Å². The third-order valence-electron chi connectivity index (χ3n) is 4.21. The first kappa shape index (κ1) is 15.9. The molecule has 5 heteroatoms. The van der Waals surface area contributed by atoms with Crippen LogP contribution in [-0.4, -0.2) is 49.5 Å². The Hall–Kier alpha value is -0.970. The van der Waals surface area contributed by atoms with Crippen molar-refractivity contribution in [1.82, 2.24) is 4.90 Å². The summed E-state index contributed by atoms with van der Waals surface area (Å²) in [6.07, 6.45) is 4.45. The van der Waals surface area contributed by atoms with E-state index in [1.54, 1.807) is 0 Å². The predicted octanol–water partition coefficient (Wildman–Crippen LogP) is 2.75. The van der Waals surface area contributed by atoms with E-state index in [0.717, 1.165) is 49.7 Å². The van der Waals surface area contributed by atoms with Gasteiger partial charge in [0.1, 0.15) is 0 Å². The van der Waals surface area contributed by atoms with E-state index in [0.29, 0.717) is 24.0 Å². The Morgan fingerprint density at radius 3 is 2.77 bits per heavy atom. The summed E-state index contributed by atoms with van der Waals surface area (Å²) in [7, 11) is 0. The standard InChI is InChI=1S/C17H24ClNO3/c18-15-10-14(11-16-17(15)22-9-1-8-21-16)4-5-19(6-7-20)12-13-2-3-13/h10-11,13,20H,1-9,12H2. The van der Waals surface area contributed by atoms with Gasteiger partial charge in [0.15, 0.2) is 11.5 Å². The fraction of sp³-hybridized carbons (Fsp3) is 0.647. The van der Waals surface area contributed by atoms with E-state index in [4.69, 9.17) is 21.1 Å². The summed E-state index contributed by atoms with van der Waals surface area (Å²) in [6, 6.07) is 4.02. The Labute approximate surface area is 137 Å². The van der Waals surface area contributed by atoms with Gasteiger partial charge in [-0.05, 0) is 42.9 Å². The fourth-order valence-electron chi connectivity index (χ4n) is 2.82. The number of fused-ring (bicyclic) bond motifs is 1. The van der Waals surface area contributed by atoms with Crippen LogP contribution < -0.4 is 9.47 Å². The number of halogens is 1. The molecule has 0 atom stereocenters. The third kappa shape index (κ3) is 4.28. The lowest BCUT2D eigenvalue weighted by molar-refractivity contribution is 0.192. The molecule has 1 aromatic rings. The van der Waals surface area contributed by atoms with Crippen LogP contribution in [0.3, 0.4) is 0 Å². The third-order valence-corrected chi connectivity index (χ3v) is 4.49. The summed E-state index contributed by atoms with van der Waals surface area (Å²) < 4.78 is 11.4. The van der Waals surface area contributed by atoms with Crippen LogP contribution in [0, 0.1) is 5.92 Å². The quantitative estimate of drug-likeness (QED) is 0.837. The Morgan fingerprint density at radius 2 is 2.00 bits per heavy atom. The normalized spacial score (nSPS) is 17.6. The maximum Gasteiger partial charge on any atom is 0.179 e. The molecule has 2 aliphatic rings. The number of hydrogen-bond acceptors (Lipinski definition) is 4. The van der Waals surface area contributed by atoms with Gasteiger partial charge in [-0.15, -0.1) is 0 Å². The molecule has 1 aliphatic carbocycles. The number of rotatable bonds is 7. The molecule has 0 saturated heterocycles. The Morgan fingerprint density at radius 1 is 1.18 bits per heavy atom. The molecule has 22 heavy (non-hydrogen) atoms. The average Bonchev–Trinajstić information content (AvgIpc) is 3.31. The highest BCUT2D eigenvalue weighted by Gasteiger charge is 2.24. The molecule has 0 bridgehead atoms. The van der Waals surface area contributed by atoms with Crippen molar-refractivity contribution in [3.8, 4) is 11.5 Å². The summed E-state index contributed by atoms with van der Waals surface area (Å²) in [5.41, 5.74) is 1.16. The zero-order valence-corrected chi connectivity index (χ0v) is 13.6. The first-order valence-electron chi connectivity index (χ1n) is 8.17. The minimum Gasteiger partial charge on any atom is -0.489 e. The maximum absolute atomic E-state index is 9.20. The fourth-order valence-corrected chi connectivity index (χ4v) is 3.10. The van der Waals surface area contributed by atoms with E-state index in [9.17, 15) is 5.11 Å². The predicted molar refractivity (Wildman–Crippen MR) is 87.0 cm³/mol. The summed E-state index contributed by atoms with van der Waals surface area (Å²) in [4.78, 5) is 2.34. The Balaban J connectivity index is 1.63. The van der Waals surface area contributed by atoms with Gasteiger partial charge in [0.25, 0.3) is 0 Å². The molecule has 1 saturated carbocycles. The van der Waals surface area contributed by atoms with Crippen LogP contribution in [0.4, 0.5) is 0 Å². The maximum atomic E-state index is 9.20. The molecule has 1 aliphatic heterocycles. The van der Waals surface area contributed by atoms with Gasteiger partial charge < -0.3 is 19.5 Å². The van der Waals surface area contributed by atoms with E-state index < -0.39 is 0 Å². The molecular formula is C17H24ClNO3. The SMILES string of the molecule is OCCN(CCc1cc(Cl)c2c(c1)OCCCO2)CC1CC1. The Kier molecular flexibility index (Phi) is 5.45. The van der Waals surface area contributed by atoms with E-state index in [1.165, 1.54) is 12.8 Å². The van der Waals surface area contributed by atoms with E-state index in [-0.39, 0.29) is 6.61 Å². The van der Waals surface area contributed by atoms with Crippen LogP contribution >= 0.6 is 11.6 Å². The highest BCUT2D eigenvalue weighted by Crippen LogP contribution is 2.38. The largest absolute Gasteiger partial charge is 0.489 e. The van der Waals surface area contributed by atoms with Crippen molar-refractivity contribution < 1.29 is 14.6 Å². The summed E-state index contributed by atoms with van der Waals surface area (Å²) in [5, 5.41) is 9.83. The van der Waals surface area contributed by atoms with Gasteiger partial charge in [0, 0.05) is 26.1 Å². The van der Waals surface area contributed by atoms with Crippen LogP contribution in [0.1, 0.15) is 24.8 Å². The number of hydrogen-bond donors (Lipinski definition) is 1. The van der Waals surface area contributed by atoms with Gasteiger partial charge in [-0.2, -0.15) is 0 Å². The number of nitrogens with zero attached hydrogens (tertiary/aromatic N) is 1. The summed E-state index contributed by atoms with van der Waals surface area (Å²) >= 11 is 6.33. The van der Waals surface area contributed by atoms with Gasteiger partial charge >= 0.3 is 0 Å². The van der Waals surface area contributed by atoms with Crippen LogP contribution in [-0.2, 0) is 6.42 Å². The molecule has 4 nitrogen and oxygen atoms in total. The van der Waals surface area contributed by atoms with Crippen molar-refractivity contribution in [1.29, 1.82) is 0 Å². The van der Waals surface area contributed by atoms with Gasteiger partial charge in [-0.25, -0.2) is 0 Å². The smallest absolute Gasteiger partial charge is 0.179 e. The van der Waals surface area contributed by atoms with E-state index in [1.807, 2.05) is 12.1 Å². The van der Waals surface area contributed by atoms with Crippen LogP contribution in [0.2, 0.25) is 5.02 Å². The molecule has 0 unspecified atom stereocenters. The van der Waals surface area contributed by atoms with Crippen LogP contribution in [0.15, 0.2) is 12.1 Å². The number of aliphatic hydroxyl groups is 1. The van der Waals surface area contributed by atoms with Gasteiger partial charge in [0.05, 0.1) is 24.8 Å². The van der Waals surface area contributed by atoms with Crippen molar-refractivity contribution in [2.75, 3.05) is 39.5 Å². The molecular weight excluding hydrogens is 302 g/mol. The van der Waals surface area contributed by atoms with Gasteiger partial charge in [0.2, 0.25) is 0 Å². The number of benzene rings is 1. The van der Waals surface area contributed by atoms with E-state index >= 15 is 0 Å². The zero-order valence-electron chi connectivity index (χ0n) is 12.9. The zero-order chi connectivity index (χ0) is 15.4. The molecule has 0 aromatic heterocycles. The second-order valence-corrected chi connectivity index (χ2v) is 6.58. The number of aliphatic hydroxyl groups excluding tert-OH is 1. The van der Waals surface area contributed by atoms with Gasteiger partial charge in [-0.3, -0.25) is 0 Å². The average molecular weight is 326 g/mol. The van der Waals surface area contributed by atoms with E-state index in [2.05, 4.69) is 4.90 Å². The van der Waals surface area contributed by atoms with Crippen molar-refractivity contribution in [2.24, 2.45) is 5.92 Å². The Bertz CT molecular complexity index is 505. The minimum absolute atomic E-state index is 0.217. The molecule has 0 radical (unpaired) electrons. The molecule has 3 rings (SSSR count). The highest BCUT2D eigenvalue weighted by molar-refractivity contribution is 6.32. The molecule has 1 N–H and O–H groups in total. The van der Waals surface area contributed by atoms with Crippen LogP contribution in [0.5, 0.6) is 11.5 Å². The van der Waals surface area contributed by atoms with Crippen molar-refractivity contribution in [2.45, 2.75) is 25.7 Å². The molecule has 1 fully saturated rings. The monoisotopic (exact) mass is 325 g/mol. The lowest BCUT2D eigenvalue weighted by Gasteiger charge is -2.21. The topological polar surface area (TPSA) is 41.9 Å². The molecule has 0 amide bonds. The lowest BCUT2D eigenvalue weighted by Crippen LogP contribution is -2.31. The van der Waals surface area contributed by atoms with Gasteiger partial charge in [-0.1, -0.05) is 11.6 Å². The minimum atomic E-state index is 0.217. The molecule has 122 valence electrons.